The van der Waals surface area contributed by atoms with Crippen LogP contribution in [0.25, 0.3) is 16.9 Å². The number of hydrogen-bond acceptors (Lipinski definition) is 9. The lowest BCUT2D eigenvalue weighted by Gasteiger charge is -2.07. The summed E-state index contributed by atoms with van der Waals surface area (Å²) in [5.41, 5.74) is 10.8. The summed E-state index contributed by atoms with van der Waals surface area (Å²) in [5, 5.41) is 8.68. The maximum atomic E-state index is 12.8. The monoisotopic (exact) mass is 570 g/mol. The Labute approximate surface area is 241 Å². The number of nitrogens with zero attached hydrogens (tertiary/aromatic N) is 4. The number of hydrogen-bond donors (Lipinski definition) is 2. The van der Waals surface area contributed by atoms with Crippen molar-refractivity contribution in [2.75, 3.05) is 17.7 Å². The van der Waals surface area contributed by atoms with Crippen LogP contribution in [0.1, 0.15) is 50.2 Å². The van der Waals surface area contributed by atoms with E-state index in [4.69, 9.17) is 10.5 Å². The molecule has 5 aromatic rings. The zero-order valence-corrected chi connectivity index (χ0v) is 24.0. The molecular formula is C30H30N6O4S. The number of aromatic nitrogens is 4. The van der Waals surface area contributed by atoms with Crippen LogP contribution >= 0.6 is 11.3 Å². The van der Waals surface area contributed by atoms with Crippen LogP contribution in [0.4, 0.5) is 10.8 Å². The quantitative estimate of drug-likeness (QED) is 0.150. The van der Waals surface area contributed by atoms with Gasteiger partial charge in [0.2, 0.25) is 0 Å². The molecule has 1 amide bonds. The summed E-state index contributed by atoms with van der Waals surface area (Å²) in [6, 6.07) is 16.8. The van der Waals surface area contributed by atoms with Gasteiger partial charge in [-0.3, -0.25) is 14.4 Å². The van der Waals surface area contributed by atoms with Crippen molar-refractivity contribution in [3.05, 3.63) is 94.3 Å². The Hall–Kier alpha value is -4.90. The first-order chi connectivity index (χ1) is 19.7. The van der Waals surface area contributed by atoms with Crippen molar-refractivity contribution in [3.63, 3.8) is 0 Å². The maximum absolute atomic E-state index is 12.8. The SMILES string of the molecule is CCOC(=O)CC(=O)c1ccccc1C.Cc1nc(-c2ccccc2C)c(NC(=O)c2cnn3ccc(N)nc23)s1. The molecule has 0 spiro atoms. The molecule has 3 heterocycles. The van der Waals surface area contributed by atoms with Crippen LogP contribution in [0.3, 0.4) is 0 Å². The number of amides is 1. The van der Waals surface area contributed by atoms with E-state index >= 15 is 0 Å². The van der Waals surface area contributed by atoms with Crippen molar-refractivity contribution in [2.24, 2.45) is 0 Å². The van der Waals surface area contributed by atoms with Crippen molar-refractivity contribution in [1.29, 1.82) is 0 Å². The molecule has 0 aliphatic rings. The van der Waals surface area contributed by atoms with Gasteiger partial charge in [0.1, 0.15) is 28.5 Å². The number of esters is 1. The predicted octanol–water partition coefficient (Wildman–Crippen LogP) is 5.44. The molecular weight excluding hydrogens is 540 g/mol. The van der Waals surface area contributed by atoms with E-state index in [-0.39, 0.29) is 18.1 Å². The van der Waals surface area contributed by atoms with E-state index < -0.39 is 5.97 Å². The number of nitrogens with one attached hydrogen (secondary N) is 1. The lowest BCUT2D eigenvalue weighted by molar-refractivity contribution is -0.141. The minimum Gasteiger partial charge on any atom is -0.466 e. The van der Waals surface area contributed by atoms with E-state index in [1.165, 1.54) is 22.0 Å². The fourth-order valence-corrected chi connectivity index (χ4v) is 4.90. The number of anilines is 2. The van der Waals surface area contributed by atoms with Gasteiger partial charge in [-0.15, -0.1) is 11.3 Å². The van der Waals surface area contributed by atoms with E-state index in [9.17, 15) is 14.4 Å². The second-order valence-corrected chi connectivity index (χ2v) is 10.3. The van der Waals surface area contributed by atoms with Gasteiger partial charge in [-0.1, -0.05) is 48.5 Å². The zero-order chi connectivity index (χ0) is 29.5. The Morgan fingerprint density at radius 3 is 2.37 bits per heavy atom. The first-order valence-electron chi connectivity index (χ1n) is 12.9. The molecule has 3 N–H and O–H groups in total. The number of aryl methyl sites for hydroxylation is 3. The lowest BCUT2D eigenvalue weighted by atomic mass is 10.0. The molecule has 0 aliphatic carbocycles. The Morgan fingerprint density at radius 2 is 1.66 bits per heavy atom. The van der Waals surface area contributed by atoms with Crippen molar-refractivity contribution < 1.29 is 19.1 Å². The molecule has 5 rings (SSSR count). The maximum Gasteiger partial charge on any atom is 0.313 e. The van der Waals surface area contributed by atoms with Gasteiger partial charge in [0.15, 0.2) is 11.4 Å². The number of carbonyl (C=O) groups excluding carboxylic acids is 3. The third-order valence-electron chi connectivity index (χ3n) is 6.05. The van der Waals surface area contributed by atoms with Gasteiger partial charge in [0.05, 0.1) is 17.8 Å². The van der Waals surface area contributed by atoms with E-state index in [0.29, 0.717) is 34.2 Å². The van der Waals surface area contributed by atoms with Gasteiger partial charge in [-0.25, -0.2) is 14.5 Å². The number of rotatable bonds is 7. The fraction of sp³-hybridized carbons (Fsp3) is 0.200. The average molecular weight is 571 g/mol. The number of nitrogen functional groups attached to an aromatic ring is 1. The van der Waals surface area contributed by atoms with Crippen LogP contribution in [0.15, 0.2) is 67.0 Å². The van der Waals surface area contributed by atoms with E-state index in [1.54, 1.807) is 31.3 Å². The van der Waals surface area contributed by atoms with Crippen LogP contribution in [0, 0.1) is 20.8 Å². The van der Waals surface area contributed by atoms with Crippen LogP contribution < -0.4 is 11.1 Å². The molecule has 0 saturated carbocycles. The Balaban J connectivity index is 0.000000221. The van der Waals surface area contributed by atoms with Crippen molar-refractivity contribution >= 4 is 45.5 Å². The van der Waals surface area contributed by atoms with Crippen molar-refractivity contribution in [1.82, 2.24) is 19.6 Å². The van der Waals surface area contributed by atoms with Gasteiger partial charge in [0, 0.05) is 17.3 Å². The normalized spacial score (nSPS) is 10.5. The summed E-state index contributed by atoms with van der Waals surface area (Å²) in [7, 11) is 0. The van der Waals surface area contributed by atoms with Gasteiger partial charge >= 0.3 is 5.97 Å². The highest BCUT2D eigenvalue weighted by molar-refractivity contribution is 7.16. The largest absolute Gasteiger partial charge is 0.466 e. The number of Topliss-reactive ketones (excluding diaryl/α,β-unsaturated/α-hetero) is 1. The molecule has 0 atom stereocenters. The van der Waals surface area contributed by atoms with Crippen molar-refractivity contribution in [2.45, 2.75) is 34.1 Å². The van der Waals surface area contributed by atoms with Gasteiger partial charge in [-0.05, 0) is 44.9 Å². The smallest absolute Gasteiger partial charge is 0.313 e. The number of thiazole rings is 1. The number of nitrogens with two attached hydrogens (primary N) is 1. The predicted molar refractivity (Wildman–Crippen MR) is 159 cm³/mol. The number of ether oxygens (including phenoxy) is 1. The fourth-order valence-electron chi connectivity index (χ4n) is 4.07. The highest BCUT2D eigenvalue weighted by atomic mass is 32.1. The third-order valence-corrected chi connectivity index (χ3v) is 6.94. The lowest BCUT2D eigenvalue weighted by Crippen LogP contribution is -2.12. The summed E-state index contributed by atoms with van der Waals surface area (Å²) in [6.07, 6.45) is 2.97. The minimum atomic E-state index is -0.467. The number of fused-ring (bicyclic) bond motifs is 1. The van der Waals surface area contributed by atoms with E-state index in [2.05, 4.69) is 20.4 Å². The summed E-state index contributed by atoms with van der Waals surface area (Å²) in [4.78, 5) is 44.4. The molecule has 0 fully saturated rings. The first kappa shape index (κ1) is 29.1. The molecule has 0 unspecified atom stereocenters. The molecule has 3 aromatic heterocycles. The third kappa shape index (κ3) is 7.00. The van der Waals surface area contributed by atoms with E-state index in [0.717, 1.165) is 27.4 Å². The molecule has 210 valence electrons. The second kappa shape index (κ2) is 13.0. The number of carbonyl (C=O) groups is 3. The van der Waals surface area contributed by atoms with Crippen LogP contribution in [-0.4, -0.2) is 43.8 Å². The van der Waals surface area contributed by atoms with Crippen LogP contribution in [0.5, 0.6) is 0 Å². The molecule has 10 nitrogen and oxygen atoms in total. The second-order valence-electron chi connectivity index (χ2n) is 9.08. The molecule has 0 aliphatic heterocycles. The highest BCUT2D eigenvalue weighted by Gasteiger charge is 2.19. The van der Waals surface area contributed by atoms with E-state index in [1.807, 2.05) is 57.2 Å². The average Bonchev–Trinajstić information content (AvgIpc) is 3.52. The first-order valence-corrected chi connectivity index (χ1v) is 13.7. The van der Waals surface area contributed by atoms with Crippen LogP contribution in [0.2, 0.25) is 0 Å². The molecule has 0 radical (unpaired) electrons. The molecule has 41 heavy (non-hydrogen) atoms. The Kier molecular flexibility index (Phi) is 9.20. The molecule has 2 aromatic carbocycles. The Bertz CT molecular complexity index is 1730. The van der Waals surface area contributed by atoms with Gasteiger partial charge < -0.3 is 15.8 Å². The summed E-state index contributed by atoms with van der Waals surface area (Å²) in [6.45, 7) is 7.81. The zero-order valence-electron chi connectivity index (χ0n) is 23.2. The molecule has 11 heteroatoms. The highest BCUT2D eigenvalue weighted by Crippen LogP contribution is 2.35. The number of benzene rings is 2. The summed E-state index contributed by atoms with van der Waals surface area (Å²) in [5.74, 6) is -0.616. The van der Waals surface area contributed by atoms with Crippen LogP contribution in [-0.2, 0) is 9.53 Å². The molecule has 0 saturated heterocycles. The summed E-state index contributed by atoms with van der Waals surface area (Å²) < 4.78 is 6.23. The Morgan fingerprint density at radius 1 is 0.951 bits per heavy atom. The topological polar surface area (TPSA) is 142 Å². The minimum absolute atomic E-state index is 0.182. The molecule has 0 bridgehead atoms. The summed E-state index contributed by atoms with van der Waals surface area (Å²) >= 11 is 1.44. The van der Waals surface area contributed by atoms with Gasteiger partial charge in [0.25, 0.3) is 5.91 Å². The standard InChI is InChI=1S/C18H16N6OS.C12H14O3/c1-10-5-3-4-6-12(10)15-18(26-11(2)21-15)23-17(25)13-9-20-24-8-7-14(19)22-16(13)24;1-3-15-12(14)8-11(13)10-7-5-4-6-9(10)2/h3-9H,1-2H3,(H2,19,22)(H,23,25);4-7H,3,8H2,1-2H3. The number of ketones is 1. The van der Waals surface area contributed by atoms with Gasteiger partial charge in [-0.2, -0.15) is 5.10 Å². The van der Waals surface area contributed by atoms with Crippen molar-refractivity contribution in [3.8, 4) is 11.3 Å².